The number of aromatic nitrogens is 5. The highest BCUT2D eigenvalue weighted by atomic mass is 16.3. The number of anilines is 1. The predicted molar refractivity (Wildman–Crippen MR) is 87.9 cm³/mol. The standard InChI is InChI=1S/C16H18N6O2/c23-11-14(24)9-22-10-15(20-21-22)13-7-18-16(19-8-13)17-6-12-4-2-1-3-5-12/h1-5,7-8,10,14,23-24H,6,9,11H2,(H,17,18,19). The summed E-state index contributed by atoms with van der Waals surface area (Å²) in [5, 5.41) is 29.3. The Kier molecular flexibility index (Phi) is 5.09. The Bertz CT molecular complexity index is 760. The summed E-state index contributed by atoms with van der Waals surface area (Å²) in [6.45, 7) is 0.510. The molecule has 0 aliphatic carbocycles. The van der Waals surface area contributed by atoms with E-state index in [1.807, 2.05) is 30.3 Å². The van der Waals surface area contributed by atoms with Gasteiger partial charge in [-0.3, -0.25) is 0 Å². The van der Waals surface area contributed by atoms with E-state index in [4.69, 9.17) is 5.11 Å². The summed E-state index contributed by atoms with van der Waals surface area (Å²) in [4.78, 5) is 8.54. The lowest BCUT2D eigenvalue weighted by Gasteiger charge is -2.05. The molecule has 0 aliphatic heterocycles. The zero-order valence-corrected chi connectivity index (χ0v) is 12.9. The van der Waals surface area contributed by atoms with Gasteiger partial charge in [-0.1, -0.05) is 35.5 Å². The van der Waals surface area contributed by atoms with E-state index in [2.05, 4.69) is 25.6 Å². The van der Waals surface area contributed by atoms with Crippen LogP contribution in [0.1, 0.15) is 5.56 Å². The summed E-state index contributed by atoms with van der Waals surface area (Å²) in [7, 11) is 0. The molecule has 124 valence electrons. The average molecular weight is 326 g/mol. The number of aliphatic hydroxyl groups is 2. The van der Waals surface area contributed by atoms with Crippen LogP contribution < -0.4 is 5.32 Å². The topological polar surface area (TPSA) is 109 Å². The molecule has 3 rings (SSSR count). The molecule has 2 heterocycles. The third kappa shape index (κ3) is 4.12. The molecule has 3 N–H and O–H groups in total. The molecule has 0 spiro atoms. The van der Waals surface area contributed by atoms with Crippen molar-refractivity contribution in [1.82, 2.24) is 25.0 Å². The van der Waals surface area contributed by atoms with Crippen LogP contribution in [0.4, 0.5) is 5.95 Å². The van der Waals surface area contributed by atoms with Crippen LogP contribution in [-0.4, -0.2) is 47.9 Å². The first kappa shape index (κ1) is 16.0. The molecule has 24 heavy (non-hydrogen) atoms. The fraction of sp³-hybridized carbons (Fsp3) is 0.250. The summed E-state index contributed by atoms with van der Waals surface area (Å²) >= 11 is 0. The van der Waals surface area contributed by atoms with Crippen LogP contribution in [0.3, 0.4) is 0 Å². The second-order valence-electron chi connectivity index (χ2n) is 5.30. The lowest BCUT2D eigenvalue weighted by Crippen LogP contribution is -2.20. The van der Waals surface area contributed by atoms with Gasteiger partial charge in [-0.15, -0.1) is 5.10 Å². The lowest BCUT2D eigenvalue weighted by atomic mass is 10.2. The molecule has 8 nitrogen and oxygen atoms in total. The molecule has 0 fully saturated rings. The number of nitrogens with one attached hydrogen (secondary N) is 1. The van der Waals surface area contributed by atoms with Crippen LogP contribution in [0, 0.1) is 0 Å². The molecule has 1 atom stereocenters. The van der Waals surface area contributed by atoms with Gasteiger partial charge in [0.25, 0.3) is 0 Å². The summed E-state index contributed by atoms with van der Waals surface area (Å²) in [5.41, 5.74) is 2.48. The van der Waals surface area contributed by atoms with Gasteiger partial charge in [0.2, 0.25) is 5.95 Å². The van der Waals surface area contributed by atoms with Crippen molar-refractivity contribution in [3.63, 3.8) is 0 Å². The maximum absolute atomic E-state index is 9.41. The molecule has 3 aromatic rings. The van der Waals surface area contributed by atoms with Gasteiger partial charge in [-0.25, -0.2) is 14.6 Å². The Hall–Kier alpha value is -2.84. The minimum Gasteiger partial charge on any atom is -0.394 e. The number of nitrogens with zero attached hydrogens (tertiary/aromatic N) is 5. The van der Waals surface area contributed by atoms with Crippen LogP contribution in [0.2, 0.25) is 0 Å². The fourth-order valence-corrected chi connectivity index (χ4v) is 2.12. The van der Waals surface area contributed by atoms with E-state index in [0.29, 0.717) is 18.2 Å². The van der Waals surface area contributed by atoms with Crippen molar-refractivity contribution in [3.8, 4) is 11.3 Å². The largest absolute Gasteiger partial charge is 0.394 e. The lowest BCUT2D eigenvalue weighted by molar-refractivity contribution is 0.0778. The molecule has 8 heteroatoms. The van der Waals surface area contributed by atoms with Gasteiger partial charge >= 0.3 is 0 Å². The second kappa shape index (κ2) is 7.62. The van der Waals surface area contributed by atoms with Crippen molar-refractivity contribution in [3.05, 3.63) is 54.5 Å². The van der Waals surface area contributed by atoms with Crippen molar-refractivity contribution in [1.29, 1.82) is 0 Å². The second-order valence-corrected chi connectivity index (χ2v) is 5.30. The molecule has 1 aromatic carbocycles. The molecule has 2 aromatic heterocycles. The molecule has 0 saturated heterocycles. The molecule has 0 aliphatic rings. The highest BCUT2D eigenvalue weighted by Gasteiger charge is 2.08. The van der Waals surface area contributed by atoms with Crippen LogP contribution >= 0.6 is 0 Å². The molecule has 0 radical (unpaired) electrons. The van der Waals surface area contributed by atoms with E-state index < -0.39 is 6.10 Å². The normalized spacial score (nSPS) is 12.1. The van der Waals surface area contributed by atoms with Crippen molar-refractivity contribution in [2.45, 2.75) is 19.2 Å². The summed E-state index contributed by atoms with van der Waals surface area (Å²) < 4.78 is 1.47. The monoisotopic (exact) mass is 326 g/mol. The van der Waals surface area contributed by atoms with E-state index in [-0.39, 0.29) is 13.2 Å². The quantitative estimate of drug-likeness (QED) is 0.586. The minimum absolute atomic E-state index is 0.182. The maximum atomic E-state index is 9.41. The molecular formula is C16H18N6O2. The first-order valence-electron chi connectivity index (χ1n) is 7.54. The summed E-state index contributed by atoms with van der Waals surface area (Å²) in [5.74, 6) is 0.533. The van der Waals surface area contributed by atoms with Gasteiger partial charge in [-0.2, -0.15) is 0 Å². The number of rotatable bonds is 7. The minimum atomic E-state index is -0.861. The Morgan fingerprint density at radius 2 is 1.88 bits per heavy atom. The molecule has 0 bridgehead atoms. The summed E-state index contributed by atoms with van der Waals surface area (Å²) in [6, 6.07) is 10.00. The predicted octanol–water partition coefficient (Wildman–Crippen LogP) is 0.700. The highest BCUT2D eigenvalue weighted by Crippen LogP contribution is 2.15. The SMILES string of the molecule is OCC(O)Cn1cc(-c2cnc(NCc3ccccc3)nc2)nn1. The van der Waals surface area contributed by atoms with Gasteiger partial charge in [-0.05, 0) is 5.56 Å². The van der Waals surface area contributed by atoms with Crippen LogP contribution in [0.15, 0.2) is 48.9 Å². The van der Waals surface area contributed by atoms with Crippen molar-refractivity contribution in [2.24, 2.45) is 0 Å². The van der Waals surface area contributed by atoms with Gasteiger partial charge in [0, 0.05) is 24.5 Å². The first-order chi connectivity index (χ1) is 11.7. The van der Waals surface area contributed by atoms with Gasteiger partial charge in [0.15, 0.2) is 0 Å². The van der Waals surface area contributed by atoms with Crippen molar-refractivity contribution in [2.75, 3.05) is 11.9 Å². The third-order valence-corrected chi connectivity index (χ3v) is 3.39. The number of hydrogen-bond donors (Lipinski definition) is 3. The van der Waals surface area contributed by atoms with Gasteiger partial charge in [0.05, 0.1) is 25.5 Å². The van der Waals surface area contributed by atoms with E-state index in [9.17, 15) is 5.11 Å². The smallest absolute Gasteiger partial charge is 0.222 e. The fourth-order valence-electron chi connectivity index (χ4n) is 2.12. The van der Waals surface area contributed by atoms with Crippen molar-refractivity contribution >= 4 is 5.95 Å². The molecular weight excluding hydrogens is 308 g/mol. The first-order valence-corrected chi connectivity index (χ1v) is 7.54. The van der Waals surface area contributed by atoms with E-state index in [1.54, 1.807) is 18.6 Å². The zero-order chi connectivity index (χ0) is 16.8. The van der Waals surface area contributed by atoms with Gasteiger partial charge in [0.1, 0.15) is 5.69 Å². The van der Waals surface area contributed by atoms with Gasteiger partial charge < -0.3 is 15.5 Å². The highest BCUT2D eigenvalue weighted by molar-refractivity contribution is 5.55. The van der Waals surface area contributed by atoms with E-state index in [1.165, 1.54) is 4.68 Å². The molecule has 0 saturated carbocycles. The molecule has 0 amide bonds. The zero-order valence-electron chi connectivity index (χ0n) is 12.9. The summed E-state index contributed by atoms with van der Waals surface area (Å²) in [6.07, 6.45) is 4.14. The Balaban J connectivity index is 1.62. The van der Waals surface area contributed by atoms with E-state index >= 15 is 0 Å². The number of hydrogen-bond acceptors (Lipinski definition) is 7. The van der Waals surface area contributed by atoms with Crippen LogP contribution in [-0.2, 0) is 13.1 Å². The maximum Gasteiger partial charge on any atom is 0.222 e. The van der Waals surface area contributed by atoms with E-state index in [0.717, 1.165) is 11.1 Å². The Labute approximate surface area is 138 Å². The van der Waals surface area contributed by atoms with Crippen LogP contribution in [0.25, 0.3) is 11.3 Å². The third-order valence-electron chi connectivity index (χ3n) is 3.39. The number of aliphatic hydroxyl groups excluding tert-OH is 2. The van der Waals surface area contributed by atoms with Crippen molar-refractivity contribution < 1.29 is 10.2 Å². The molecule has 1 unspecified atom stereocenters. The Morgan fingerprint density at radius 1 is 1.12 bits per heavy atom. The average Bonchev–Trinajstić information content (AvgIpc) is 3.09. The van der Waals surface area contributed by atoms with Crippen LogP contribution in [0.5, 0.6) is 0 Å². The number of benzene rings is 1. The Morgan fingerprint density at radius 3 is 2.58 bits per heavy atom.